The molecule has 27 heavy (non-hydrogen) atoms. The van der Waals surface area contributed by atoms with E-state index in [4.69, 9.17) is 9.47 Å². The van der Waals surface area contributed by atoms with E-state index in [9.17, 15) is 25.2 Å². The Bertz CT molecular complexity index is 830. The fraction of sp³-hybridized carbons (Fsp3) is 0.389. The summed E-state index contributed by atoms with van der Waals surface area (Å²) in [5.74, 6) is -0.289. The summed E-state index contributed by atoms with van der Waals surface area (Å²) in [4.78, 5) is 14.5. The van der Waals surface area contributed by atoms with Crippen molar-refractivity contribution < 1.29 is 39.4 Å². The van der Waals surface area contributed by atoms with Gasteiger partial charge in [-0.3, -0.25) is 0 Å². The minimum atomic E-state index is -1.56. The molecule has 1 aromatic carbocycles. The Balaban J connectivity index is 1.95. The second-order valence-corrected chi connectivity index (χ2v) is 6.09. The largest absolute Gasteiger partial charge is 0.466 e. The molecule has 0 bridgehead atoms. The fourth-order valence-electron chi connectivity index (χ4n) is 2.88. The Hall–Kier alpha value is -2.43. The molecule has 0 spiro atoms. The number of hydrogen-bond donors (Lipinski definition) is 5. The molecule has 0 saturated carbocycles. The molecule has 1 aliphatic rings. The molecular formula is C18H21NO8. The molecule has 3 rings (SSSR count). The Labute approximate surface area is 154 Å². The van der Waals surface area contributed by atoms with Gasteiger partial charge >= 0.3 is 5.97 Å². The first-order chi connectivity index (χ1) is 13.0. The fourth-order valence-corrected chi connectivity index (χ4v) is 2.88. The SMILES string of the molecule is COC(=O)/C=C/c1[nH]c2ccccc2c1O[C@@H]1O[C@H](CO)[C@@H](O)[C@H](O)[C@H]1O. The summed E-state index contributed by atoms with van der Waals surface area (Å²) in [6.45, 7) is -0.562. The van der Waals surface area contributed by atoms with Crippen LogP contribution in [0.2, 0.25) is 0 Å². The van der Waals surface area contributed by atoms with Crippen molar-refractivity contribution in [2.75, 3.05) is 13.7 Å². The summed E-state index contributed by atoms with van der Waals surface area (Å²) in [5.41, 5.74) is 1.13. The quantitative estimate of drug-likeness (QED) is 0.347. The number of nitrogens with one attached hydrogen (secondary N) is 1. The Morgan fingerprint density at radius 3 is 2.67 bits per heavy atom. The molecule has 5 N–H and O–H groups in total. The van der Waals surface area contributed by atoms with Gasteiger partial charge in [0.05, 0.1) is 19.4 Å². The summed E-state index contributed by atoms with van der Waals surface area (Å²) in [6, 6.07) is 7.15. The van der Waals surface area contributed by atoms with Gasteiger partial charge in [0, 0.05) is 17.0 Å². The molecule has 9 nitrogen and oxygen atoms in total. The molecule has 0 radical (unpaired) electrons. The van der Waals surface area contributed by atoms with Gasteiger partial charge in [0.25, 0.3) is 0 Å². The van der Waals surface area contributed by atoms with Gasteiger partial charge in [0.1, 0.15) is 24.4 Å². The second-order valence-electron chi connectivity index (χ2n) is 6.09. The summed E-state index contributed by atoms with van der Waals surface area (Å²) >= 11 is 0. The molecule has 9 heteroatoms. The van der Waals surface area contributed by atoms with Gasteiger partial charge < -0.3 is 39.6 Å². The van der Waals surface area contributed by atoms with Crippen LogP contribution in [0.1, 0.15) is 5.69 Å². The number of fused-ring (bicyclic) bond motifs is 1. The van der Waals surface area contributed by atoms with Crippen LogP contribution in [-0.2, 0) is 14.3 Å². The Morgan fingerprint density at radius 1 is 1.22 bits per heavy atom. The van der Waals surface area contributed by atoms with Crippen molar-refractivity contribution in [3.05, 3.63) is 36.0 Å². The lowest BCUT2D eigenvalue weighted by molar-refractivity contribution is -0.277. The number of esters is 1. The second kappa shape index (κ2) is 8.07. The van der Waals surface area contributed by atoms with Crippen LogP contribution in [0.15, 0.2) is 30.3 Å². The molecule has 2 aromatic rings. The van der Waals surface area contributed by atoms with E-state index in [1.807, 2.05) is 6.07 Å². The van der Waals surface area contributed by atoms with Gasteiger partial charge in [-0.1, -0.05) is 12.1 Å². The minimum absolute atomic E-state index is 0.273. The minimum Gasteiger partial charge on any atom is -0.466 e. The van der Waals surface area contributed by atoms with Crippen LogP contribution in [0.25, 0.3) is 17.0 Å². The van der Waals surface area contributed by atoms with E-state index in [-0.39, 0.29) is 5.75 Å². The summed E-state index contributed by atoms with van der Waals surface area (Å²) < 4.78 is 15.7. The van der Waals surface area contributed by atoms with Crippen LogP contribution in [0.3, 0.4) is 0 Å². The van der Waals surface area contributed by atoms with Gasteiger partial charge in [0.15, 0.2) is 5.75 Å². The predicted molar refractivity (Wildman–Crippen MR) is 93.7 cm³/mol. The van der Waals surface area contributed by atoms with Crippen molar-refractivity contribution in [2.24, 2.45) is 0 Å². The zero-order valence-electron chi connectivity index (χ0n) is 14.5. The number of aliphatic hydroxyl groups is 4. The Kier molecular flexibility index (Phi) is 5.78. The first kappa shape index (κ1) is 19.3. The maximum Gasteiger partial charge on any atom is 0.330 e. The molecule has 5 atom stereocenters. The average molecular weight is 379 g/mol. The number of aromatic amines is 1. The number of carbonyl (C=O) groups excluding carboxylic acids is 1. The van der Waals surface area contributed by atoms with Crippen LogP contribution in [-0.4, -0.2) is 75.8 Å². The van der Waals surface area contributed by atoms with Crippen LogP contribution in [0.5, 0.6) is 5.75 Å². The first-order valence-electron chi connectivity index (χ1n) is 8.30. The molecule has 1 aromatic heterocycles. The van der Waals surface area contributed by atoms with Crippen molar-refractivity contribution in [3.63, 3.8) is 0 Å². The van der Waals surface area contributed by atoms with Gasteiger partial charge in [-0.15, -0.1) is 0 Å². The predicted octanol–water partition coefficient (Wildman–Crippen LogP) is -0.467. The first-order valence-corrected chi connectivity index (χ1v) is 8.30. The highest BCUT2D eigenvalue weighted by Gasteiger charge is 2.45. The van der Waals surface area contributed by atoms with E-state index in [1.165, 1.54) is 19.3 Å². The maximum atomic E-state index is 11.4. The van der Waals surface area contributed by atoms with Gasteiger partial charge in [-0.25, -0.2) is 4.79 Å². The lowest BCUT2D eigenvalue weighted by atomic mass is 9.99. The summed E-state index contributed by atoms with van der Waals surface area (Å²) in [7, 11) is 1.25. The van der Waals surface area contributed by atoms with Gasteiger partial charge in [-0.2, -0.15) is 0 Å². The molecule has 2 heterocycles. The molecule has 0 aliphatic carbocycles. The third-order valence-electron chi connectivity index (χ3n) is 4.36. The monoisotopic (exact) mass is 379 g/mol. The zero-order valence-corrected chi connectivity index (χ0v) is 14.5. The van der Waals surface area contributed by atoms with E-state index < -0.39 is 43.3 Å². The zero-order chi connectivity index (χ0) is 19.6. The van der Waals surface area contributed by atoms with Gasteiger partial charge in [0.2, 0.25) is 6.29 Å². The third kappa shape index (κ3) is 3.82. The number of aliphatic hydroxyl groups excluding tert-OH is 4. The number of rotatable bonds is 5. The molecular weight excluding hydrogens is 358 g/mol. The topological polar surface area (TPSA) is 141 Å². The maximum absolute atomic E-state index is 11.4. The molecule has 0 unspecified atom stereocenters. The summed E-state index contributed by atoms with van der Waals surface area (Å²) in [6.07, 6.45) is -4.37. The number of para-hydroxylation sites is 1. The molecule has 1 fully saturated rings. The Morgan fingerprint density at radius 2 is 1.96 bits per heavy atom. The molecule has 0 amide bonds. The number of benzene rings is 1. The van der Waals surface area contributed by atoms with Crippen LogP contribution >= 0.6 is 0 Å². The third-order valence-corrected chi connectivity index (χ3v) is 4.36. The van der Waals surface area contributed by atoms with Crippen molar-refractivity contribution in [1.29, 1.82) is 0 Å². The van der Waals surface area contributed by atoms with E-state index in [0.717, 1.165) is 0 Å². The summed E-state index contributed by atoms with van der Waals surface area (Å²) in [5, 5.41) is 40.0. The smallest absolute Gasteiger partial charge is 0.330 e. The highest BCUT2D eigenvalue weighted by atomic mass is 16.7. The number of aromatic nitrogens is 1. The van der Waals surface area contributed by atoms with Gasteiger partial charge in [-0.05, 0) is 18.2 Å². The van der Waals surface area contributed by atoms with Crippen LogP contribution < -0.4 is 4.74 Å². The lowest BCUT2D eigenvalue weighted by Gasteiger charge is -2.39. The van der Waals surface area contributed by atoms with E-state index >= 15 is 0 Å². The number of carbonyl (C=O) groups is 1. The van der Waals surface area contributed by atoms with Crippen LogP contribution in [0.4, 0.5) is 0 Å². The molecule has 1 saturated heterocycles. The normalized spacial score (nSPS) is 28.6. The molecule has 146 valence electrons. The number of ether oxygens (including phenoxy) is 3. The van der Waals surface area contributed by atoms with E-state index in [1.54, 1.807) is 18.2 Å². The van der Waals surface area contributed by atoms with Crippen molar-refractivity contribution in [3.8, 4) is 5.75 Å². The van der Waals surface area contributed by atoms with E-state index in [2.05, 4.69) is 9.72 Å². The van der Waals surface area contributed by atoms with E-state index in [0.29, 0.717) is 16.6 Å². The lowest BCUT2D eigenvalue weighted by Crippen LogP contribution is -2.60. The highest BCUT2D eigenvalue weighted by Crippen LogP contribution is 2.34. The number of H-pyrrole nitrogens is 1. The number of hydrogen-bond acceptors (Lipinski definition) is 8. The standard InChI is InChI=1S/C18H21NO8/c1-25-13(21)7-6-11-17(9-4-2-3-5-10(9)19-11)27-18-16(24)15(23)14(22)12(8-20)26-18/h2-7,12,14-16,18-20,22-24H,8H2,1H3/b7-6+/t12-,14-,15+,16-,18+/m1/s1. The van der Waals surface area contributed by atoms with Crippen molar-refractivity contribution in [2.45, 2.75) is 30.7 Å². The molecule has 1 aliphatic heterocycles. The average Bonchev–Trinajstić information content (AvgIpc) is 3.03. The van der Waals surface area contributed by atoms with Crippen molar-refractivity contribution >= 4 is 22.9 Å². The van der Waals surface area contributed by atoms with Crippen LogP contribution in [0, 0.1) is 0 Å². The van der Waals surface area contributed by atoms with Crippen molar-refractivity contribution in [1.82, 2.24) is 4.98 Å². The number of methoxy groups -OCH3 is 1. The highest BCUT2D eigenvalue weighted by molar-refractivity contribution is 5.93.